The largest absolute Gasteiger partial charge is 0.299 e. The summed E-state index contributed by atoms with van der Waals surface area (Å²) < 4.78 is 0. The van der Waals surface area contributed by atoms with E-state index in [-0.39, 0.29) is 5.78 Å². The first-order valence-electron chi connectivity index (χ1n) is 5.73. The Balaban J connectivity index is 2.03. The zero-order valence-electron chi connectivity index (χ0n) is 9.52. The predicted octanol–water partition coefficient (Wildman–Crippen LogP) is 1.89. The molecule has 2 aliphatic rings. The minimum absolute atomic E-state index is 0.274. The van der Waals surface area contributed by atoms with E-state index in [1.165, 1.54) is 0 Å². The molecule has 0 aromatic heterocycles. The molecule has 0 bridgehead atoms. The van der Waals surface area contributed by atoms with E-state index in [9.17, 15) is 4.79 Å². The Morgan fingerprint density at radius 1 is 1.33 bits per heavy atom. The molecule has 1 aliphatic heterocycles. The molecule has 0 spiro atoms. The van der Waals surface area contributed by atoms with Crippen molar-refractivity contribution in [1.29, 1.82) is 0 Å². The maximum Gasteiger partial charge on any atom is 0.143 e. The van der Waals surface area contributed by atoms with E-state index in [0.717, 1.165) is 13.1 Å². The molecule has 2 heteroatoms. The normalized spacial score (nSPS) is 35.2. The second-order valence-corrected chi connectivity index (χ2v) is 4.88. The first-order chi connectivity index (χ1) is 7.16. The fourth-order valence-corrected chi connectivity index (χ4v) is 2.81. The Morgan fingerprint density at radius 3 is 2.80 bits per heavy atom. The number of fused-ring (bicyclic) bond motifs is 1. The number of Topliss-reactive ketones (excluding diaryl/α,β-unsaturated/α-hetero) is 1. The molecule has 0 unspecified atom stereocenters. The third-order valence-corrected chi connectivity index (χ3v) is 3.42. The van der Waals surface area contributed by atoms with Crippen LogP contribution in [0.3, 0.4) is 0 Å². The molecule has 15 heavy (non-hydrogen) atoms. The standard InChI is InChI=1S/C13H19NO/c1-10-7-14(8-11(2)15)9-12-5-3-4-6-13(10)12/h3-6,10,12-13H,7-9H2,1-2H3/t10-,12-,13-/m0/s1. The third kappa shape index (κ3) is 2.37. The molecule has 1 saturated heterocycles. The van der Waals surface area contributed by atoms with Gasteiger partial charge in [0.05, 0.1) is 6.54 Å². The second kappa shape index (κ2) is 4.31. The Kier molecular flexibility index (Phi) is 3.06. The minimum atomic E-state index is 0.274. The van der Waals surface area contributed by atoms with Gasteiger partial charge in [0.15, 0.2) is 0 Å². The highest BCUT2D eigenvalue weighted by Crippen LogP contribution is 2.32. The lowest BCUT2D eigenvalue weighted by Crippen LogP contribution is -2.46. The lowest BCUT2D eigenvalue weighted by Gasteiger charge is -2.41. The number of nitrogens with zero attached hydrogens (tertiary/aromatic N) is 1. The van der Waals surface area contributed by atoms with Crippen molar-refractivity contribution in [2.45, 2.75) is 13.8 Å². The maximum atomic E-state index is 11.1. The Bertz CT molecular complexity index is 306. The Hall–Kier alpha value is -0.890. The van der Waals surface area contributed by atoms with Crippen molar-refractivity contribution in [2.75, 3.05) is 19.6 Å². The smallest absolute Gasteiger partial charge is 0.143 e. The number of ketones is 1. The van der Waals surface area contributed by atoms with Gasteiger partial charge in [-0.1, -0.05) is 31.2 Å². The SMILES string of the molecule is CC(=O)CN1C[C@H](C)[C@@H]2C=CC=C[C@H]2C1. The zero-order chi connectivity index (χ0) is 10.8. The van der Waals surface area contributed by atoms with Crippen LogP contribution in [-0.4, -0.2) is 30.3 Å². The van der Waals surface area contributed by atoms with Crippen molar-refractivity contribution in [3.63, 3.8) is 0 Å². The first kappa shape index (κ1) is 10.6. The molecule has 1 heterocycles. The highest BCUT2D eigenvalue weighted by molar-refractivity contribution is 5.77. The number of hydrogen-bond acceptors (Lipinski definition) is 2. The number of likely N-dealkylation sites (tertiary alicyclic amines) is 1. The molecule has 0 saturated carbocycles. The molecule has 0 aromatic rings. The fourth-order valence-electron chi connectivity index (χ4n) is 2.81. The van der Waals surface area contributed by atoms with E-state index in [2.05, 4.69) is 36.1 Å². The van der Waals surface area contributed by atoms with Crippen LogP contribution in [0.4, 0.5) is 0 Å². The van der Waals surface area contributed by atoms with Gasteiger partial charge in [-0.05, 0) is 24.7 Å². The van der Waals surface area contributed by atoms with E-state index in [1.54, 1.807) is 6.92 Å². The van der Waals surface area contributed by atoms with Crippen molar-refractivity contribution in [1.82, 2.24) is 4.90 Å². The molecule has 1 aliphatic carbocycles. The molecule has 3 atom stereocenters. The van der Waals surface area contributed by atoms with Crippen molar-refractivity contribution in [3.05, 3.63) is 24.3 Å². The van der Waals surface area contributed by atoms with Crippen LogP contribution in [0.5, 0.6) is 0 Å². The van der Waals surface area contributed by atoms with Gasteiger partial charge in [0, 0.05) is 13.1 Å². The predicted molar refractivity (Wildman–Crippen MR) is 61.5 cm³/mol. The van der Waals surface area contributed by atoms with Crippen LogP contribution in [0.25, 0.3) is 0 Å². The summed E-state index contributed by atoms with van der Waals surface area (Å²) in [6, 6.07) is 0. The molecular weight excluding hydrogens is 186 g/mol. The van der Waals surface area contributed by atoms with Crippen LogP contribution in [0.2, 0.25) is 0 Å². The van der Waals surface area contributed by atoms with E-state index >= 15 is 0 Å². The van der Waals surface area contributed by atoms with Crippen LogP contribution in [0.1, 0.15) is 13.8 Å². The summed E-state index contributed by atoms with van der Waals surface area (Å²) in [4.78, 5) is 13.4. The number of hydrogen-bond donors (Lipinski definition) is 0. The van der Waals surface area contributed by atoms with Crippen LogP contribution < -0.4 is 0 Å². The van der Waals surface area contributed by atoms with E-state index in [4.69, 9.17) is 0 Å². The monoisotopic (exact) mass is 205 g/mol. The summed E-state index contributed by atoms with van der Waals surface area (Å²) in [5.74, 6) is 2.22. The van der Waals surface area contributed by atoms with Crippen molar-refractivity contribution >= 4 is 5.78 Å². The van der Waals surface area contributed by atoms with Gasteiger partial charge in [0.1, 0.15) is 5.78 Å². The number of piperidine rings is 1. The van der Waals surface area contributed by atoms with E-state index in [0.29, 0.717) is 24.3 Å². The third-order valence-electron chi connectivity index (χ3n) is 3.42. The molecule has 82 valence electrons. The molecule has 0 N–H and O–H groups in total. The number of rotatable bonds is 2. The fraction of sp³-hybridized carbons (Fsp3) is 0.615. The average Bonchev–Trinajstić information content (AvgIpc) is 2.16. The lowest BCUT2D eigenvalue weighted by atomic mass is 9.76. The van der Waals surface area contributed by atoms with Crippen LogP contribution >= 0.6 is 0 Å². The highest BCUT2D eigenvalue weighted by atomic mass is 16.1. The van der Waals surface area contributed by atoms with Gasteiger partial charge in [-0.2, -0.15) is 0 Å². The Morgan fingerprint density at radius 2 is 2.07 bits per heavy atom. The topological polar surface area (TPSA) is 20.3 Å². The molecule has 2 nitrogen and oxygen atoms in total. The van der Waals surface area contributed by atoms with E-state index in [1.807, 2.05) is 0 Å². The quantitative estimate of drug-likeness (QED) is 0.686. The van der Waals surface area contributed by atoms with Gasteiger partial charge in [0.25, 0.3) is 0 Å². The summed E-state index contributed by atoms with van der Waals surface area (Å²) >= 11 is 0. The number of carbonyl (C=O) groups is 1. The maximum absolute atomic E-state index is 11.1. The second-order valence-electron chi connectivity index (χ2n) is 4.88. The van der Waals surface area contributed by atoms with Crippen LogP contribution in [0.15, 0.2) is 24.3 Å². The van der Waals surface area contributed by atoms with Crippen molar-refractivity contribution < 1.29 is 4.79 Å². The molecule has 0 aromatic carbocycles. The van der Waals surface area contributed by atoms with Gasteiger partial charge in [0.2, 0.25) is 0 Å². The van der Waals surface area contributed by atoms with Gasteiger partial charge in [-0.15, -0.1) is 0 Å². The molecule has 1 fully saturated rings. The summed E-state index contributed by atoms with van der Waals surface area (Å²) in [6.45, 7) is 6.67. The molecular formula is C13H19NO. The van der Waals surface area contributed by atoms with Gasteiger partial charge < -0.3 is 0 Å². The molecule has 0 amide bonds. The highest BCUT2D eigenvalue weighted by Gasteiger charge is 2.32. The summed E-state index contributed by atoms with van der Waals surface area (Å²) in [6.07, 6.45) is 8.89. The minimum Gasteiger partial charge on any atom is -0.299 e. The van der Waals surface area contributed by atoms with Crippen LogP contribution in [0, 0.1) is 17.8 Å². The van der Waals surface area contributed by atoms with Gasteiger partial charge in [-0.3, -0.25) is 9.69 Å². The van der Waals surface area contributed by atoms with Crippen molar-refractivity contribution in [3.8, 4) is 0 Å². The number of carbonyl (C=O) groups excluding carboxylic acids is 1. The lowest BCUT2D eigenvalue weighted by molar-refractivity contribution is -0.118. The molecule has 2 rings (SSSR count). The van der Waals surface area contributed by atoms with Crippen LogP contribution in [-0.2, 0) is 4.79 Å². The summed E-state index contributed by atoms with van der Waals surface area (Å²) in [5.41, 5.74) is 0. The Labute approximate surface area is 91.6 Å². The zero-order valence-corrected chi connectivity index (χ0v) is 9.52. The number of allylic oxidation sites excluding steroid dienone is 3. The van der Waals surface area contributed by atoms with Crippen molar-refractivity contribution in [2.24, 2.45) is 17.8 Å². The molecule has 0 radical (unpaired) electrons. The summed E-state index contributed by atoms with van der Waals surface area (Å²) in [5, 5.41) is 0. The van der Waals surface area contributed by atoms with Gasteiger partial charge >= 0.3 is 0 Å². The van der Waals surface area contributed by atoms with Gasteiger partial charge in [-0.25, -0.2) is 0 Å². The summed E-state index contributed by atoms with van der Waals surface area (Å²) in [7, 11) is 0. The average molecular weight is 205 g/mol. The van der Waals surface area contributed by atoms with E-state index < -0.39 is 0 Å². The first-order valence-corrected chi connectivity index (χ1v) is 5.73.